The lowest BCUT2D eigenvalue weighted by Crippen LogP contribution is -2.40. The Hall–Kier alpha value is -3.28. The lowest BCUT2D eigenvalue weighted by molar-refractivity contribution is 0.0916. The molecule has 5 rings (SSSR count). The molecule has 3 unspecified atom stereocenters. The first-order valence-electron chi connectivity index (χ1n) is 11.5. The molecule has 2 fully saturated rings. The minimum Gasteiger partial charge on any atom is -0.445 e. The van der Waals surface area contributed by atoms with Crippen LogP contribution in [0.5, 0.6) is 0 Å². The largest absolute Gasteiger partial charge is 0.445 e. The number of hydrogen-bond donors (Lipinski definition) is 2. The third-order valence-corrected chi connectivity index (χ3v) is 6.97. The normalized spacial score (nSPS) is 23.9. The van der Waals surface area contributed by atoms with Crippen molar-refractivity contribution >= 4 is 17.7 Å². The van der Waals surface area contributed by atoms with Crippen molar-refractivity contribution in [2.24, 2.45) is 5.92 Å². The van der Waals surface area contributed by atoms with Crippen LogP contribution in [0.15, 0.2) is 61.2 Å². The number of anilines is 1. The molecule has 6 nitrogen and oxygen atoms in total. The van der Waals surface area contributed by atoms with E-state index in [1.807, 2.05) is 41.3 Å². The maximum absolute atomic E-state index is 12.9. The molecule has 2 N–H and O–H groups in total. The third-order valence-electron chi connectivity index (χ3n) is 6.97. The van der Waals surface area contributed by atoms with E-state index in [4.69, 9.17) is 4.74 Å². The van der Waals surface area contributed by atoms with Gasteiger partial charge in [0.15, 0.2) is 0 Å². The zero-order valence-corrected chi connectivity index (χ0v) is 18.1. The van der Waals surface area contributed by atoms with Crippen LogP contribution in [0.2, 0.25) is 0 Å². The van der Waals surface area contributed by atoms with Gasteiger partial charge in [-0.05, 0) is 55.0 Å². The van der Waals surface area contributed by atoms with Gasteiger partial charge in [-0.15, -0.1) is 0 Å². The summed E-state index contributed by atoms with van der Waals surface area (Å²) in [5.74, 6) is 0.143. The highest BCUT2D eigenvalue weighted by molar-refractivity contribution is 5.95. The van der Waals surface area contributed by atoms with Crippen LogP contribution in [-0.4, -0.2) is 36.1 Å². The second kappa shape index (κ2) is 8.69. The molecule has 166 valence electrons. The van der Waals surface area contributed by atoms with Crippen LogP contribution < -0.4 is 10.6 Å². The fraction of sp³-hybridized carbons (Fsp3) is 0.385. The first kappa shape index (κ1) is 20.6. The number of hydrogen-bond acceptors (Lipinski definition) is 4. The van der Waals surface area contributed by atoms with Crippen LogP contribution in [0.1, 0.15) is 59.3 Å². The third kappa shape index (κ3) is 3.74. The number of nitrogens with one attached hydrogen (secondary N) is 2. The first-order chi connectivity index (χ1) is 15.7. The van der Waals surface area contributed by atoms with Crippen molar-refractivity contribution < 1.29 is 14.3 Å². The Morgan fingerprint density at radius 2 is 1.97 bits per heavy atom. The molecule has 0 radical (unpaired) electrons. The van der Waals surface area contributed by atoms with E-state index in [1.54, 1.807) is 6.08 Å². The Morgan fingerprint density at radius 3 is 2.69 bits per heavy atom. The Morgan fingerprint density at radius 1 is 1.16 bits per heavy atom. The lowest BCUT2D eigenvalue weighted by Gasteiger charge is -2.40. The average Bonchev–Trinajstić information content (AvgIpc) is 3.25. The summed E-state index contributed by atoms with van der Waals surface area (Å²) in [4.78, 5) is 27.5. The van der Waals surface area contributed by atoms with Crippen LogP contribution in [0.4, 0.5) is 10.5 Å². The highest BCUT2D eigenvalue weighted by atomic mass is 16.6. The van der Waals surface area contributed by atoms with Gasteiger partial charge in [-0.25, -0.2) is 4.79 Å². The standard InChI is InChI=1S/C26H29N3O3/c1-2-15-32-26(31)29-14-13-20-23(17-7-4-3-5-8-17)28-22-12-11-18(16-21(22)24(20)29)25(30)27-19-9-6-10-19/h2-5,7-8,11-12,16,19-20,23-24,28H,1,6,9-10,13-15H2,(H,27,30). The van der Waals surface area contributed by atoms with Gasteiger partial charge in [0.25, 0.3) is 5.91 Å². The summed E-state index contributed by atoms with van der Waals surface area (Å²) in [5, 5.41) is 6.81. The average molecular weight is 432 g/mol. The van der Waals surface area contributed by atoms with Crippen molar-refractivity contribution in [3.63, 3.8) is 0 Å². The van der Waals surface area contributed by atoms with Crippen molar-refractivity contribution in [2.75, 3.05) is 18.5 Å². The SMILES string of the molecule is C=CCOC(=O)N1CCC2C(c3ccccc3)Nc3ccc(C(=O)NC4CCC4)cc3C21. The van der Waals surface area contributed by atoms with Gasteiger partial charge in [0.2, 0.25) is 0 Å². The van der Waals surface area contributed by atoms with E-state index >= 15 is 0 Å². The minimum absolute atomic E-state index is 0.0435. The smallest absolute Gasteiger partial charge is 0.410 e. The van der Waals surface area contributed by atoms with Crippen LogP contribution in [-0.2, 0) is 4.74 Å². The summed E-state index contributed by atoms with van der Waals surface area (Å²) in [5.41, 5.74) is 3.78. The molecule has 6 heteroatoms. The van der Waals surface area contributed by atoms with E-state index in [1.165, 1.54) is 12.0 Å². The summed E-state index contributed by atoms with van der Waals surface area (Å²) in [6.45, 7) is 4.45. The molecule has 32 heavy (non-hydrogen) atoms. The van der Waals surface area contributed by atoms with Crippen LogP contribution in [0.25, 0.3) is 0 Å². The number of nitrogens with zero attached hydrogens (tertiary/aromatic N) is 1. The molecule has 0 aromatic heterocycles. The number of likely N-dealkylation sites (tertiary alicyclic amines) is 1. The van der Waals surface area contributed by atoms with Gasteiger partial charge in [-0.3, -0.25) is 4.79 Å². The summed E-state index contributed by atoms with van der Waals surface area (Å²) in [6, 6.07) is 16.4. The second-order valence-electron chi connectivity index (χ2n) is 8.89. The zero-order valence-electron chi connectivity index (χ0n) is 18.1. The van der Waals surface area contributed by atoms with Crippen LogP contribution in [0, 0.1) is 5.92 Å². The predicted octanol–water partition coefficient (Wildman–Crippen LogP) is 4.82. The molecule has 2 heterocycles. The molecule has 2 aliphatic heterocycles. The number of amides is 2. The molecule has 0 bridgehead atoms. The van der Waals surface area contributed by atoms with Crippen molar-refractivity contribution in [3.05, 3.63) is 77.9 Å². The molecule has 1 saturated heterocycles. The molecule has 1 aliphatic carbocycles. The maximum atomic E-state index is 12.9. The van der Waals surface area contributed by atoms with Gasteiger partial charge < -0.3 is 20.3 Å². The Bertz CT molecular complexity index is 1020. The number of carbonyl (C=O) groups is 2. The minimum atomic E-state index is -0.332. The van der Waals surface area contributed by atoms with E-state index < -0.39 is 0 Å². The summed E-state index contributed by atoms with van der Waals surface area (Å²) in [6.07, 6.45) is 5.37. The van der Waals surface area contributed by atoms with Gasteiger partial charge >= 0.3 is 6.09 Å². The van der Waals surface area contributed by atoms with E-state index in [-0.39, 0.29) is 42.7 Å². The van der Waals surface area contributed by atoms with Gasteiger partial charge in [-0.2, -0.15) is 0 Å². The molecule has 0 spiro atoms. The van der Waals surface area contributed by atoms with E-state index in [0.717, 1.165) is 30.5 Å². The number of rotatable bonds is 5. The van der Waals surface area contributed by atoms with Gasteiger partial charge in [0, 0.05) is 29.8 Å². The number of ether oxygens (including phenoxy) is 1. The maximum Gasteiger partial charge on any atom is 0.410 e. The number of carbonyl (C=O) groups excluding carboxylic acids is 2. The molecule has 2 aromatic carbocycles. The second-order valence-corrected chi connectivity index (χ2v) is 8.89. The van der Waals surface area contributed by atoms with E-state index in [0.29, 0.717) is 12.1 Å². The molecule has 2 amide bonds. The predicted molar refractivity (Wildman–Crippen MR) is 123 cm³/mol. The van der Waals surface area contributed by atoms with Crippen molar-refractivity contribution in [3.8, 4) is 0 Å². The first-order valence-corrected chi connectivity index (χ1v) is 11.5. The van der Waals surface area contributed by atoms with Crippen LogP contribution in [0.3, 0.4) is 0 Å². The molecule has 3 atom stereocenters. The Labute approximate surface area is 188 Å². The molecular weight excluding hydrogens is 402 g/mol. The highest BCUT2D eigenvalue weighted by Gasteiger charge is 2.47. The van der Waals surface area contributed by atoms with Crippen LogP contribution >= 0.6 is 0 Å². The van der Waals surface area contributed by atoms with Gasteiger partial charge in [0.05, 0.1) is 12.1 Å². The summed E-state index contributed by atoms with van der Waals surface area (Å²) >= 11 is 0. The topological polar surface area (TPSA) is 70.7 Å². The van der Waals surface area contributed by atoms with E-state index in [9.17, 15) is 9.59 Å². The van der Waals surface area contributed by atoms with Crippen molar-refractivity contribution in [1.82, 2.24) is 10.2 Å². The molecule has 3 aliphatic rings. The fourth-order valence-electron chi connectivity index (χ4n) is 5.15. The number of benzene rings is 2. The number of fused-ring (bicyclic) bond motifs is 3. The Balaban J connectivity index is 1.50. The lowest BCUT2D eigenvalue weighted by atomic mass is 9.79. The van der Waals surface area contributed by atoms with E-state index in [2.05, 4.69) is 29.3 Å². The quantitative estimate of drug-likeness (QED) is 0.666. The monoisotopic (exact) mass is 431 g/mol. The fourth-order valence-corrected chi connectivity index (χ4v) is 5.15. The summed E-state index contributed by atoms with van der Waals surface area (Å²) in [7, 11) is 0. The molecular formula is C26H29N3O3. The van der Waals surface area contributed by atoms with Gasteiger partial charge in [-0.1, -0.05) is 43.0 Å². The molecule has 2 aromatic rings. The Kier molecular flexibility index (Phi) is 5.60. The van der Waals surface area contributed by atoms with Gasteiger partial charge in [0.1, 0.15) is 6.61 Å². The zero-order chi connectivity index (χ0) is 22.1. The summed E-state index contributed by atoms with van der Waals surface area (Å²) < 4.78 is 5.40. The highest BCUT2D eigenvalue weighted by Crippen LogP contribution is 2.51. The van der Waals surface area contributed by atoms with Crippen molar-refractivity contribution in [1.29, 1.82) is 0 Å². The van der Waals surface area contributed by atoms with Crippen molar-refractivity contribution in [2.45, 2.75) is 43.8 Å². The molecule has 1 saturated carbocycles.